The number of aromatic amines is 1. The topological polar surface area (TPSA) is 99.4 Å². The summed E-state index contributed by atoms with van der Waals surface area (Å²) in [5.41, 5.74) is 4.15. The third kappa shape index (κ3) is 3.30. The second-order valence-corrected chi connectivity index (χ2v) is 5.98. The first kappa shape index (κ1) is 17.3. The van der Waals surface area contributed by atoms with Crippen LogP contribution >= 0.6 is 0 Å². The van der Waals surface area contributed by atoms with Crippen molar-refractivity contribution in [1.29, 1.82) is 0 Å². The van der Waals surface area contributed by atoms with Gasteiger partial charge in [-0.2, -0.15) is 0 Å². The van der Waals surface area contributed by atoms with Gasteiger partial charge in [-0.15, -0.1) is 0 Å². The second-order valence-electron chi connectivity index (χ2n) is 5.98. The number of hydrogen-bond donors (Lipinski definition) is 3. The number of H-pyrrole nitrogens is 1. The van der Waals surface area contributed by atoms with Gasteiger partial charge in [0.25, 0.3) is 0 Å². The van der Waals surface area contributed by atoms with E-state index in [1.165, 1.54) is 0 Å². The van der Waals surface area contributed by atoms with E-state index >= 15 is 0 Å². The summed E-state index contributed by atoms with van der Waals surface area (Å²) in [7, 11) is 0. The Labute approximate surface area is 155 Å². The molecule has 1 aromatic heterocycles. The summed E-state index contributed by atoms with van der Waals surface area (Å²) in [5, 5.41) is 24.3. The van der Waals surface area contributed by atoms with Gasteiger partial charge in [0.05, 0.1) is 31.1 Å². The largest absolute Gasteiger partial charge is 0.494 e. The van der Waals surface area contributed by atoms with Crippen LogP contribution in [0.4, 0.5) is 5.69 Å². The minimum absolute atomic E-state index is 0.0292. The van der Waals surface area contributed by atoms with Crippen LogP contribution in [0.2, 0.25) is 0 Å². The number of aromatic nitrogens is 1. The molecule has 4 rings (SSSR count). The Balaban J connectivity index is 1.69. The molecule has 0 aliphatic carbocycles. The Morgan fingerprint density at radius 2 is 1.81 bits per heavy atom. The maximum absolute atomic E-state index is 10.5. The highest BCUT2D eigenvalue weighted by Crippen LogP contribution is 2.35. The van der Waals surface area contributed by atoms with Crippen molar-refractivity contribution in [2.75, 3.05) is 26.4 Å². The summed E-state index contributed by atoms with van der Waals surface area (Å²) in [6.45, 7) is 0.805. The van der Waals surface area contributed by atoms with Crippen molar-refractivity contribution in [2.45, 2.75) is 0 Å². The van der Waals surface area contributed by atoms with E-state index in [4.69, 9.17) is 14.7 Å². The molecule has 3 aromatic rings. The van der Waals surface area contributed by atoms with Crippen LogP contribution in [0.5, 0.6) is 5.88 Å². The van der Waals surface area contributed by atoms with Crippen LogP contribution in [0, 0.1) is 0 Å². The summed E-state index contributed by atoms with van der Waals surface area (Å²) in [6.07, 6.45) is 0. The molecule has 0 saturated heterocycles. The standard InChI is InChI=1S/C20H19N3O4/c24-9-10-26-11-12-27-23-18-14-6-2-4-8-16(14)21-19(18)17-13-5-1-3-7-15(13)22-20(17)25/h1-8,22,24-25H,9-12H2/b23-18+. The number of fused-ring (bicyclic) bond motifs is 2. The molecular weight excluding hydrogens is 346 g/mol. The van der Waals surface area contributed by atoms with Gasteiger partial charge in [-0.25, -0.2) is 4.99 Å². The fourth-order valence-corrected chi connectivity index (χ4v) is 3.08. The molecule has 2 aromatic carbocycles. The molecule has 138 valence electrons. The number of oxime groups is 1. The van der Waals surface area contributed by atoms with Crippen molar-refractivity contribution >= 4 is 28.0 Å². The van der Waals surface area contributed by atoms with Gasteiger partial charge in [-0.05, 0) is 12.1 Å². The third-order valence-electron chi connectivity index (χ3n) is 4.25. The van der Waals surface area contributed by atoms with Gasteiger partial charge < -0.3 is 24.8 Å². The Morgan fingerprint density at radius 1 is 1.00 bits per heavy atom. The number of nitrogens with one attached hydrogen (secondary N) is 1. The van der Waals surface area contributed by atoms with Crippen molar-refractivity contribution in [3.8, 4) is 5.88 Å². The molecule has 1 aliphatic rings. The van der Waals surface area contributed by atoms with E-state index in [1.807, 2.05) is 48.5 Å². The van der Waals surface area contributed by atoms with Crippen molar-refractivity contribution in [3.05, 3.63) is 59.7 Å². The minimum atomic E-state index is -0.0292. The maximum Gasteiger partial charge on any atom is 0.199 e. The quantitative estimate of drug-likeness (QED) is 0.443. The molecule has 2 heterocycles. The highest BCUT2D eigenvalue weighted by atomic mass is 16.6. The van der Waals surface area contributed by atoms with E-state index in [1.54, 1.807) is 0 Å². The number of hydrogen-bond acceptors (Lipinski definition) is 6. The first-order chi connectivity index (χ1) is 13.3. The van der Waals surface area contributed by atoms with Crippen molar-refractivity contribution in [2.24, 2.45) is 10.1 Å². The fourth-order valence-electron chi connectivity index (χ4n) is 3.08. The number of benzene rings is 2. The smallest absolute Gasteiger partial charge is 0.199 e. The van der Waals surface area contributed by atoms with Gasteiger partial charge in [0.15, 0.2) is 5.88 Å². The number of rotatable bonds is 7. The van der Waals surface area contributed by atoms with Crippen LogP contribution in [0.25, 0.3) is 10.9 Å². The lowest BCUT2D eigenvalue weighted by Gasteiger charge is -2.05. The highest BCUT2D eigenvalue weighted by molar-refractivity contribution is 6.58. The molecule has 1 aliphatic heterocycles. The molecule has 0 atom stereocenters. The fraction of sp³-hybridized carbons (Fsp3) is 0.200. The van der Waals surface area contributed by atoms with Crippen LogP contribution in [0.1, 0.15) is 11.1 Å². The SMILES string of the molecule is OCCOCCO/N=C1/C(c2c(O)[nH]c3ccccc23)=Nc2ccccc21. The number of aliphatic hydroxyl groups is 1. The maximum atomic E-state index is 10.5. The van der Waals surface area contributed by atoms with E-state index in [2.05, 4.69) is 15.1 Å². The number of aromatic hydroxyl groups is 1. The Kier molecular flexibility index (Phi) is 4.86. The Hall–Kier alpha value is -3.16. The van der Waals surface area contributed by atoms with E-state index in [-0.39, 0.29) is 25.7 Å². The molecule has 0 spiro atoms. The average molecular weight is 365 g/mol. The molecular formula is C20H19N3O4. The lowest BCUT2D eigenvalue weighted by atomic mass is 10.0. The van der Waals surface area contributed by atoms with Gasteiger partial charge in [0.2, 0.25) is 0 Å². The first-order valence-electron chi connectivity index (χ1n) is 8.66. The number of ether oxygens (including phenoxy) is 1. The molecule has 0 saturated carbocycles. The Bertz CT molecular complexity index is 1020. The number of nitrogens with zero attached hydrogens (tertiary/aromatic N) is 2. The second kappa shape index (κ2) is 7.61. The predicted molar refractivity (Wildman–Crippen MR) is 103 cm³/mol. The zero-order chi connectivity index (χ0) is 18.6. The third-order valence-corrected chi connectivity index (χ3v) is 4.25. The van der Waals surface area contributed by atoms with Crippen LogP contribution in [0.15, 0.2) is 58.7 Å². The summed E-state index contributed by atoms with van der Waals surface area (Å²) in [4.78, 5) is 13.1. The zero-order valence-electron chi connectivity index (χ0n) is 14.6. The highest BCUT2D eigenvalue weighted by Gasteiger charge is 2.29. The van der Waals surface area contributed by atoms with Crippen molar-refractivity contribution < 1.29 is 19.8 Å². The molecule has 0 fully saturated rings. The first-order valence-corrected chi connectivity index (χ1v) is 8.66. The molecule has 0 radical (unpaired) electrons. The monoisotopic (exact) mass is 365 g/mol. The lowest BCUT2D eigenvalue weighted by molar-refractivity contribution is 0.0355. The molecule has 0 amide bonds. The summed E-state index contributed by atoms with van der Waals surface area (Å²) in [5.74, 6) is 0.0433. The molecule has 0 unspecified atom stereocenters. The molecule has 7 nitrogen and oxygen atoms in total. The van der Waals surface area contributed by atoms with Gasteiger partial charge >= 0.3 is 0 Å². The molecule has 27 heavy (non-hydrogen) atoms. The summed E-state index contributed by atoms with van der Waals surface area (Å²) in [6, 6.07) is 15.3. The Morgan fingerprint density at radius 3 is 2.70 bits per heavy atom. The van der Waals surface area contributed by atoms with E-state index in [0.29, 0.717) is 23.6 Å². The summed E-state index contributed by atoms with van der Waals surface area (Å²) < 4.78 is 5.17. The van der Waals surface area contributed by atoms with Crippen molar-refractivity contribution in [3.63, 3.8) is 0 Å². The van der Waals surface area contributed by atoms with E-state index < -0.39 is 0 Å². The lowest BCUT2D eigenvalue weighted by Crippen LogP contribution is -2.14. The molecule has 3 N–H and O–H groups in total. The van der Waals surface area contributed by atoms with Gasteiger partial charge in [0, 0.05) is 16.5 Å². The van der Waals surface area contributed by atoms with Crippen LogP contribution in [-0.2, 0) is 9.57 Å². The van der Waals surface area contributed by atoms with Crippen LogP contribution in [-0.4, -0.2) is 53.0 Å². The number of aliphatic hydroxyl groups excluding tert-OH is 1. The number of aliphatic imine (C=N–C) groups is 1. The van der Waals surface area contributed by atoms with E-state index in [0.717, 1.165) is 22.2 Å². The van der Waals surface area contributed by atoms with Crippen molar-refractivity contribution in [1.82, 2.24) is 4.98 Å². The molecule has 0 bridgehead atoms. The molecule has 7 heteroatoms. The number of para-hydroxylation sites is 2. The van der Waals surface area contributed by atoms with Crippen LogP contribution in [0.3, 0.4) is 0 Å². The normalized spacial score (nSPS) is 14.6. The minimum Gasteiger partial charge on any atom is -0.494 e. The summed E-state index contributed by atoms with van der Waals surface area (Å²) >= 11 is 0. The van der Waals surface area contributed by atoms with Gasteiger partial charge in [-0.1, -0.05) is 41.6 Å². The average Bonchev–Trinajstić information content (AvgIpc) is 3.21. The van der Waals surface area contributed by atoms with Crippen LogP contribution < -0.4 is 0 Å². The predicted octanol–water partition coefficient (Wildman–Crippen LogP) is 2.74. The van der Waals surface area contributed by atoms with Gasteiger partial charge in [-0.3, -0.25) is 0 Å². The van der Waals surface area contributed by atoms with E-state index in [9.17, 15) is 5.11 Å². The van der Waals surface area contributed by atoms with Gasteiger partial charge in [0.1, 0.15) is 18.0 Å². The zero-order valence-corrected chi connectivity index (χ0v) is 14.6.